The first-order chi connectivity index (χ1) is 14.5. The van der Waals surface area contributed by atoms with Crippen LogP contribution in [-0.2, 0) is 11.4 Å². The summed E-state index contributed by atoms with van der Waals surface area (Å²) in [6.07, 6.45) is 0. The van der Waals surface area contributed by atoms with Gasteiger partial charge in [0.2, 0.25) is 11.9 Å². The van der Waals surface area contributed by atoms with E-state index in [0.29, 0.717) is 39.8 Å². The van der Waals surface area contributed by atoms with Gasteiger partial charge in [0, 0.05) is 11.3 Å². The van der Waals surface area contributed by atoms with Crippen LogP contribution in [0.2, 0.25) is 0 Å². The summed E-state index contributed by atoms with van der Waals surface area (Å²) in [6.45, 7) is 1.77. The normalized spacial score (nSPS) is 15.4. The molecule has 0 saturated carbocycles. The molecule has 1 amide bonds. The number of fused-ring (bicyclic) bond motifs is 1. The number of rotatable bonds is 6. The standard InChI is InChI=1S/C20H19FN6O3/c1-11-17(19(22)28)18(27-20(23-11)24-25-26-27)12-7-8-15(16(9-12)29-2)30-10-13-5-3-4-6-14(13)21/h3-9,18H,10H2,1-2H3,(H2,22,28)(H,23,24,26)/t18-/m0/s1. The van der Waals surface area contributed by atoms with E-state index in [1.165, 1.54) is 17.9 Å². The number of halogens is 1. The third-order valence-corrected chi connectivity index (χ3v) is 4.82. The average Bonchev–Trinajstić information content (AvgIpc) is 3.20. The molecular weight excluding hydrogens is 391 g/mol. The van der Waals surface area contributed by atoms with E-state index < -0.39 is 11.9 Å². The van der Waals surface area contributed by atoms with Crippen molar-refractivity contribution in [2.45, 2.75) is 19.6 Å². The number of amides is 1. The zero-order valence-corrected chi connectivity index (χ0v) is 16.3. The van der Waals surface area contributed by atoms with Crippen LogP contribution in [0, 0.1) is 5.82 Å². The number of hydrogen-bond donors (Lipinski definition) is 2. The summed E-state index contributed by atoms with van der Waals surface area (Å²) in [7, 11) is 1.50. The van der Waals surface area contributed by atoms with E-state index in [0.717, 1.165) is 0 Å². The molecule has 0 unspecified atom stereocenters. The first kappa shape index (κ1) is 19.4. The molecule has 10 heteroatoms. The summed E-state index contributed by atoms with van der Waals surface area (Å²) in [5.74, 6) is 0.294. The van der Waals surface area contributed by atoms with Crippen molar-refractivity contribution in [3.05, 3.63) is 70.7 Å². The van der Waals surface area contributed by atoms with Gasteiger partial charge < -0.3 is 20.5 Å². The van der Waals surface area contributed by atoms with E-state index in [4.69, 9.17) is 15.2 Å². The number of nitrogens with one attached hydrogen (secondary N) is 1. The molecule has 154 valence electrons. The molecule has 1 aliphatic heterocycles. The Morgan fingerprint density at radius 3 is 2.80 bits per heavy atom. The molecular formula is C20H19FN6O3. The first-order valence-electron chi connectivity index (χ1n) is 9.09. The maximum Gasteiger partial charge on any atom is 0.248 e. The summed E-state index contributed by atoms with van der Waals surface area (Å²) in [5, 5.41) is 14.5. The predicted molar refractivity (Wildman–Crippen MR) is 105 cm³/mol. The largest absolute Gasteiger partial charge is 0.493 e. The van der Waals surface area contributed by atoms with E-state index in [-0.39, 0.29) is 12.4 Å². The van der Waals surface area contributed by atoms with E-state index in [9.17, 15) is 9.18 Å². The maximum absolute atomic E-state index is 13.9. The van der Waals surface area contributed by atoms with E-state index in [2.05, 4.69) is 20.8 Å². The highest BCUT2D eigenvalue weighted by molar-refractivity contribution is 5.95. The number of benzene rings is 2. The second-order valence-electron chi connectivity index (χ2n) is 6.67. The average molecular weight is 410 g/mol. The van der Waals surface area contributed by atoms with Crippen LogP contribution in [0.4, 0.5) is 10.3 Å². The summed E-state index contributed by atoms with van der Waals surface area (Å²) in [4.78, 5) is 12.1. The molecule has 1 aliphatic rings. The number of nitrogens with zero attached hydrogens (tertiary/aromatic N) is 4. The SMILES string of the molecule is COc1cc([C@H]2C(C(N)=O)=C(C)Nc3nnnn32)ccc1OCc1ccccc1F. The number of anilines is 1. The van der Waals surface area contributed by atoms with Crippen molar-refractivity contribution in [2.75, 3.05) is 12.4 Å². The van der Waals surface area contributed by atoms with Gasteiger partial charge in [0.1, 0.15) is 18.5 Å². The Balaban J connectivity index is 1.69. The topological polar surface area (TPSA) is 117 Å². The summed E-state index contributed by atoms with van der Waals surface area (Å²) < 4.78 is 26.6. The van der Waals surface area contributed by atoms with Crippen molar-refractivity contribution >= 4 is 11.9 Å². The number of nitrogens with two attached hydrogens (primary N) is 1. The molecule has 1 aromatic heterocycles. The molecule has 3 N–H and O–H groups in total. The Kier molecular flexibility index (Phi) is 5.05. The molecule has 3 aromatic rings. The van der Waals surface area contributed by atoms with Gasteiger partial charge in [-0.15, -0.1) is 0 Å². The van der Waals surface area contributed by atoms with Crippen LogP contribution in [-0.4, -0.2) is 33.2 Å². The van der Waals surface area contributed by atoms with E-state index in [1.807, 2.05) is 0 Å². The highest BCUT2D eigenvalue weighted by Gasteiger charge is 2.33. The van der Waals surface area contributed by atoms with Crippen molar-refractivity contribution in [1.29, 1.82) is 0 Å². The number of carbonyl (C=O) groups excluding carboxylic acids is 1. The lowest BCUT2D eigenvalue weighted by atomic mass is 9.95. The fourth-order valence-electron chi connectivity index (χ4n) is 3.38. The molecule has 2 aromatic carbocycles. The number of allylic oxidation sites excluding steroid dienone is 1. The summed E-state index contributed by atoms with van der Waals surface area (Å²) >= 11 is 0. The highest BCUT2D eigenvalue weighted by Crippen LogP contribution is 2.38. The van der Waals surface area contributed by atoms with Gasteiger partial charge in [-0.3, -0.25) is 4.79 Å². The zero-order valence-electron chi connectivity index (χ0n) is 16.3. The third-order valence-electron chi connectivity index (χ3n) is 4.82. The molecule has 30 heavy (non-hydrogen) atoms. The van der Waals surface area contributed by atoms with Gasteiger partial charge in [0.15, 0.2) is 11.5 Å². The molecule has 0 radical (unpaired) electrons. The lowest BCUT2D eigenvalue weighted by Crippen LogP contribution is -2.31. The maximum atomic E-state index is 13.9. The third kappa shape index (κ3) is 3.43. The zero-order chi connectivity index (χ0) is 21.3. The second kappa shape index (κ2) is 7.82. The number of tetrazole rings is 1. The van der Waals surface area contributed by atoms with Gasteiger partial charge in [-0.2, -0.15) is 4.68 Å². The number of aromatic nitrogens is 4. The van der Waals surface area contributed by atoms with Gasteiger partial charge in [-0.25, -0.2) is 4.39 Å². The smallest absolute Gasteiger partial charge is 0.248 e. The lowest BCUT2D eigenvalue weighted by molar-refractivity contribution is -0.115. The number of methoxy groups -OCH3 is 1. The minimum atomic E-state index is -0.636. The van der Waals surface area contributed by atoms with Crippen molar-refractivity contribution < 1.29 is 18.7 Å². The molecule has 0 saturated heterocycles. The minimum absolute atomic E-state index is 0.0401. The van der Waals surface area contributed by atoms with E-state index in [1.54, 1.807) is 43.3 Å². The van der Waals surface area contributed by atoms with Gasteiger partial charge in [-0.05, 0) is 41.1 Å². The Bertz CT molecular complexity index is 1140. The fourth-order valence-corrected chi connectivity index (χ4v) is 3.38. The first-order valence-corrected chi connectivity index (χ1v) is 9.09. The number of primary amides is 1. The molecule has 0 aliphatic carbocycles. The van der Waals surface area contributed by atoms with Crippen LogP contribution in [0.1, 0.15) is 24.1 Å². The lowest BCUT2D eigenvalue weighted by Gasteiger charge is -2.27. The number of ether oxygens (including phenoxy) is 2. The molecule has 0 bridgehead atoms. The number of hydrogen-bond acceptors (Lipinski definition) is 7. The summed E-state index contributed by atoms with van der Waals surface area (Å²) in [5.41, 5.74) is 7.62. The molecule has 1 atom stereocenters. The Morgan fingerprint density at radius 1 is 1.27 bits per heavy atom. The Hall–Kier alpha value is -3.95. The Labute approximate surface area is 171 Å². The van der Waals surface area contributed by atoms with Gasteiger partial charge in [-0.1, -0.05) is 29.4 Å². The van der Waals surface area contributed by atoms with Crippen LogP contribution in [0.15, 0.2) is 53.7 Å². The van der Waals surface area contributed by atoms with Gasteiger partial charge >= 0.3 is 0 Å². The van der Waals surface area contributed by atoms with Crippen molar-refractivity contribution in [3.63, 3.8) is 0 Å². The molecule has 0 spiro atoms. The molecule has 0 fully saturated rings. The van der Waals surface area contributed by atoms with Gasteiger partial charge in [0.25, 0.3) is 0 Å². The monoisotopic (exact) mass is 410 g/mol. The van der Waals surface area contributed by atoms with Crippen LogP contribution in [0.25, 0.3) is 0 Å². The quantitative estimate of drug-likeness (QED) is 0.640. The van der Waals surface area contributed by atoms with Crippen LogP contribution < -0.4 is 20.5 Å². The van der Waals surface area contributed by atoms with Crippen molar-refractivity contribution in [2.24, 2.45) is 5.73 Å². The fraction of sp³-hybridized carbons (Fsp3) is 0.200. The van der Waals surface area contributed by atoms with Crippen LogP contribution in [0.3, 0.4) is 0 Å². The number of carbonyl (C=O) groups is 1. The van der Waals surface area contributed by atoms with Crippen LogP contribution in [0.5, 0.6) is 11.5 Å². The molecule has 9 nitrogen and oxygen atoms in total. The molecule has 4 rings (SSSR count). The summed E-state index contributed by atoms with van der Waals surface area (Å²) in [6, 6.07) is 10.9. The highest BCUT2D eigenvalue weighted by atomic mass is 19.1. The minimum Gasteiger partial charge on any atom is -0.493 e. The molecule has 2 heterocycles. The van der Waals surface area contributed by atoms with E-state index >= 15 is 0 Å². The Morgan fingerprint density at radius 2 is 2.07 bits per heavy atom. The van der Waals surface area contributed by atoms with Crippen molar-refractivity contribution in [1.82, 2.24) is 20.2 Å². The van der Waals surface area contributed by atoms with Crippen LogP contribution >= 0.6 is 0 Å². The second-order valence-corrected chi connectivity index (χ2v) is 6.67. The predicted octanol–water partition coefficient (Wildman–Crippen LogP) is 2.17. The van der Waals surface area contributed by atoms with Gasteiger partial charge in [0.05, 0.1) is 12.7 Å². The van der Waals surface area contributed by atoms with Crippen molar-refractivity contribution in [3.8, 4) is 11.5 Å².